The number of ketones is 1. The van der Waals surface area contributed by atoms with Crippen LogP contribution >= 0.6 is 23.1 Å². The van der Waals surface area contributed by atoms with Crippen molar-refractivity contribution in [3.05, 3.63) is 58.8 Å². The van der Waals surface area contributed by atoms with Crippen molar-refractivity contribution >= 4 is 28.9 Å². The maximum atomic E-state index is 12.7. The maximum absolute atomic E-state index is 12.7. The second-order valence-electron chi connectivity index (χ2n) is 6.51. The monoisotopic (exact) mass is 435 g/mol. The van der Waals surface area contributed by atoms with Gasteiger partial charge in [0.15, 0.2) is 22.7 Å². The van der Waals surface area contributed by atoms with Gasteiger partial charge in [-0.2, -0.15) is 5.26 Å². The Morgan fingerprint density at radius 1 is 1.30 bits per heavy atom. The van der Waals surface area contributed by atoms with Crippen molar-refractivity contribution in [2.45, 2.75) is 18.0 Å². The largest absolute Gasteiger partial charge is 0.469 e. The molecular formula is C21H17N5O2S2. The summed E-state index contributed by atoms with van der Waals surface area (Å²) in [7, 11) is 1.84. The van der Waals surface area contributed by atoms with Crippen molar-refractivity contribution in [3.63, 3.8) is 0 Å². The number of hydrogen-bond donors (Lipinski definition) is 0. The molecule has 0 spiro atoms. The molecule has 1 atom stereocenters. The lowest BCUT2D eigenvalue weighted by Crippen LogP contribution is -2.13. The minimum atomic E-state index is -0.899. The molecule has 4 rings (SSSR count). The fraction of sp³-hybridized carbons (Fsp3) is 0.190. The van der Waals surface area contributed by atoms with Crippen molar-refractivity contribution in [2.75, 3.05) is 5.75 Å². The molecule has 150 valence electrons. The number of aryl methyl sites for hydroxylation is 1. The number of furan rings is 1. The minimum Gasteiger partial charge on any atom is -0.469 e. The number of hydrogen-bond acceptors (Lipinski definition) is 8. The summed E-state index contributed by atoms with van der Waals surface area (Å²) in [6, 6.07) is 13.6. The highest BCUT2D eigenvalue weighted by Crippen LogP contribution is 2.29. The van der Waals surface area contributed by atoms with Gasteiger partial charge < -0.3 is 8.98 Å². The SMILES string of the molecule is Cc1occc1-c1nnc(SCC(=O)[C@@H](C#N)c2nc(-c3ccccc3)cs2)n1C. The number of thioether (sulfide) groups is 1. The number of benzene rings is 1. The number of aromatic nitrogens is 4. The zero-order valence-electron chi connectivity index (χ0n) is 16.3. The molecule has 4 aromatic rings. The third kappa shape index (κ3) is 3.92. The van der Waals surface area contributed by atoms with Crippen molar-refractivity contribution in [2.24, 2.45) is 7.05 Å². The second kappa shape index (κ2) is 8.65. The number of nitriles is 1. The van der Waals surface area contributed by atoms with E-state index >= 15 is 0 Å². The Hall–Kier alpha value is -3.22. The lowest BCUT2D eigenvalue weighted by Gasteiger charge is -2.05. The lowest BCUT2D eigenvalue weighted by molar-refractivity contribution is -0.116. The van der Waals surface area contributed by atoms with E-state index < -0.39 is 5.92 Å². The summed E-state index contributed by atoms with van der Waals surface area (Å²) in [5.74, 6) is 0.417. The molecule has 1 aromatic carbocycles. The van der Waals surface area contributed by atoms with Gasteiger partial charge in [-0.3, -0.25) is 4.79 Å². The van der Waals surface area contributed by atoms with Gasteiger partial charge in [-0.1, -0.05) is 42.1 Å². The number of carbonyl (C=O) groups is 1. The summed E-state index contributed by atoms with van der Waals surface area (Å²) in [5, 5.41) is 20.9. The molecule has 30 heavy (non-hydrogen) atoms. The molecule has 3 aromatic heterocycles. The van der Waals surface area contributed by atoms with E-state index in [2.05, 4.69) is 21.3 Å². The van der Waals surface area contributed by atoms with Gasteiger partial charge in [0.25, 0.3) is 0 Å². The summed E-state index contributed by atoms with van der Waals surface area (Å²) in [5.41, 5.74) is 2.58. The molecule has 0 saturated carbocycles. The van der Waals surface area contributed by atoms with Crippen LogP contribution in [0.25, 0.3) is 22.6 Å². The molecule has 0 radical (unpaired) electrons. The smallest absolute Gasteiger partial charge is 0.191 e. The van der Waals surface area contributed by atoms with Gasteiger partial charge in [-0.05, 0) is 13.0 Å². The normalized spacial score (nSPS) is 11.9. The Morgan fingerprint density at radius 3 is 2.80 bits per heavy atom. The molecule has 0 aliphatic rings. The minimum absolute atomic E-state index is 0.106. The Bertz CT molecular complexity index is 1220. The summed E-state index contributed by atoms with van der Waals surface area (Å²) in [6.07, 6.45) is 1.60. The molecule has 9 heteroatoms. The predicted octanol–water partition coefficient (Wildman–Crippen LogP) is 4.48. The van der Waals surface area contributed by atoms with Crippen LogP contribution in [0.15, 0.2) is 57.6 Å². The highest BCUT2D eigenvalue weighted by molar-refractivity contribution is 7.99. The number of carbonyl (C=O) groups excluding carboxylic acids is 1. The van der Waals surface area contributed by atoms with Crippen molar-refractivity contribution in [1.29, 1.82) is 5.26 Å². The zero-order valence-corrected chi connectivity index (χ0v) is 17.9. The topological polar surface area (TPSA) is 97.6 Å². The van der Waals surface area contributed by atoms with E-state index in [4.69, 9.17) is 4.42 Å². The fourth-order valence-electron chi connectivity index (χ4n) is 2.94. The molecule has 0 unspecified atom stereocenters. The molecule has 7 nitrogen and oxygen atoms in total. The first-order valence-electron chi connectivity index (χ1n) is 9.08. The van der Waals surface area contributed by atoms with Crippen LogP contribution in [0, 0.1) is 18.3 Å². The molecule has 0 saturated heterocycles. The molecule has 3 heterocycles. The van der Waals surface area contributed by atoms with E-state index in [1.54, 1.807) is 6.26 Å². The van der Waals surface area contributed by atoms with E-state index in [-0.39, 0.29) is 11.5 Å². The van der Waals surface area contributed by atoms with Crippen LogP contribution in [0.4, 0.5) is 0 Å². The number of rotatable bonds is 7. The highest BCUT2D eigenvalue weighted by Gasteiger charge is 2.25. The molecule has 0 fully saturated rings. The Labute approximate surface area is 181 Å². The summed E-state index contributed by atoms with van der Waals surface area (Å²) < 4.78 is 7.14. The van der Waals surface area contributed by atoms with Gasteiger partial charge >= 0.3 is 0 Å². The molecular weight excluding hydrogens is 418 g/mol. The average Bonchev–Trinajstić information content (AvgIpc) is 3.48. The van der Waals surface area contributed by atoms with Gasteiger partial charge in [0, 0.05) is 18.0 Å². The second-order valence-corrected chi connectivity index (χ2v) is 8.34. The fourth-order valence-corrected chi connectivity index (χ4v) is 4.65. The van der Waals surface area contributed by atoms with Crippen LogP contribution in [0.3, 0.4) is 0 Å². The number of thiazole rings is 1. The van der Waals surface area contributed by atoms with Crippen LogP contribution in [-0.2, 0) is 11.8 Å². The first-order valence-corrected chi connectivity index (χ1v) is 10.9. The van der Waals surface area contributed by atoms with Crippen LogP contribution in [0.2, 0.25) is 0 Å². The van der Waals surface area contributed by atoms with Crippen LogP contribution in [0.1, 0.15) is 16.7 Å². The van der Waals surface area contributed by atoms with E-state index in [0.717, 1.165) is 22.6 Å². The Morgan fingerprint density at radius 2 is 2.10 bits per heavy atom. The molecule has 0 aliphatic carbocycles. The number of nitrogens with zero attached hydrogens (tertiary/aromatic N) is 5. The summed E-state index contributed by atoms with van der Waals surface area (Å²) >= 11 is 2.58. The Kier molecular flexibility index (Phi) is 5.79. The van der Waals surface area contributed by atoms with E-state index in [1.165, 1.54) is 23.1 Å². The maximum Gasteiger partial charge on any atom is 0.191 e. The zero-order chi connectivity index (χ0) is 21.1. The van der Waals surface area contributed by atoms with Crippen molar-refractivity contribution in [3.8, 4) is 28.7 Å². The van der Waals surface area contributed by atoms with E-state index in [0.29, 0.717) is 16.0 Å². The third-order valence-corrected chi connectivity index (χ3v) is 6.52. The van der Waals surface area contributed by atoms with Crippen LogP contribution < -0.4 is 0 Å². The molecule has 0 aliphatic heterocycles. The Balaban J connectivity index is 1.46. The van der Waals surface area contributed by atoms with E-state index in [9.17, 15) is 10.1 Å². The lowest BCUT2D eigenvalue weighted by atomic mass is 10.1. The highest BCUT2D eigenvalue weighted by atomic mass is 32.2. The van der Waals surface area contributed by atoms with Crippen molar-refractivity contribution in [1.82, 2.24) is 19.7 Å². The quantitative estimate of drug-likeness (QED) is 0.395. The predicted molar refractivity (Wildman–Crippen MR) is 115 cm³/mol. The molecule has 0 N–H and O–H groups in total. The van der Waals surface area contributed by atoms with E-state index in [1.807, 2.05) is 60.3 Å². The van der Waals surface area contributed by atoms with Gasteiger partial charge in [0.1, 0.15) is 10.8 Å². The standard InChI is InChI=1S/C21H17N5O2S2/c1-13-15(8-9-28-13)19-24-25-21(26(19)2)30-12-18(27)16(10-22)20-23-17(11-29-20)14-6-4-3-5-7-14/h3-9,11,16H,12H2,1-2H3/t16-/m1/s1. The van der Waals surface area contributed by atoms with Crippen LogP contribution in [-0.4, -0.2) is 31.3 Å². The van der Waals surface area contributed by atoms with Gasteiger partial charge in [0.05, 0.1) is 29.3 Å². The summed E-state index contributed by atoms with van der Waals surface area (Å²) in [4.78, 5) is 17.3. The number of Topliss-reactive ketones (excluding diaryl/α,β-unsaturated/α-hetero) is 1. The summed E-state index contributed by atoms with van der Waals surface area (Å²) in [6.45, 7) is 1.86. The first kappa shape index (κ1) is 20.1. The average molecular weight is 436 g/mol. The van der Waals surface area contributed by atoms with Crippen LogP contribution in [0.5, 0.6) is 0 Å². The molecule has 0 bridgehead atoms. The van der Waals surface area contributed by atoms with Gasteiger partial charge in [-0.25, -0.2) is 4.98 Å². The third-order valence-electron chi connectivity index (χ3n) is 4.57. The van der Waals surface area contributed by atoms with Gasteiger partial charge in [0.2, 0.25) is 0 Å². The van der Waals surface area contributed by atoms with Crippen molar-refractivity contribution < 1.29 is 9.21 Å². The first-order chi connectivity index (χ1) is 14.6. The molecule has 0 amide bonds. The van der Waals surface area contributed by atoms with Gasteiger partial charge in [-0.15, -0.1) is 21.5 Å².